The van der Waals surface area contributed by atoms with Crippen LogP contribution in [0.4, 0.5) is 5.69 Å². The summed E-state index contributed by atoms with van der Waals surface area (Å²) in [6.07, 6.45) is 3.69. The van der Waals surface area contributed by atoms with E-state index in [0.717, 1.165) is 16.8 Å². The molecular weight excluding hydrogens is 340 g/mol. The number of aryl methyl sites for hydroxylation is 1. The van der Waals surface area contributed by atoms with Gasteiger partial charge in [0.1, 0.15) is 0 Å². The second-order valence-electron chi connectivity index (χ2n) is 6.04. The third-order valence-corrected chi connectivity index (χ3v) is 4.71. The van der Waals surface area contributed by atoms with Gasteiger partial charge >= 0.3 is 0 Å². The van der Waals surface area contributed by atoms with Gasteiger partial charge < -0.3 is 9.42 Å². The fourth-order valence-electron chi connectivity index (χ4n) is 2.89. The number of amides is 1. The Morgan fingerprint density at radius 3 is 2.96 bits per heavy atom. The predicted octanol–water partition coefficient (Wildman–Crippen LogP) is 3.61. The van der Waals surface area contributed by atoms with Gasteiger partial charge in [0.15, 0.2) is 0 Å². The molecule has 1 atom stereocenters. The first-order chi connectivity index (χ1) is 12.1. The standard InChI is InChI=1S/C18H15ClN4O2/c1-11-4-5-14(8-15(11)19)23-10-13(7-16(23)24)18-21-17(22-25-18)12-3-2-6-20-9-12/h2-6,8-9,13H,7,10H2,1H3. The van der Waals surface area contributed by atoms with Gasteiger partial charge in [0.25, 0.3) is 0 Å². The molecule has 0 radical (unpaired) electrons. The van der Waals surface area contributed by atoms with Crippen molar-refractivity contribution in [3.63, 3.8) is 0 Å². The van der Waals surface area contributed by atoms with E-state index in [4.69, 9.17) is 16.1 Å². The molecule has 0 spiro atoms. The fraction of sp³-hybridized carbons (Fsp3) is 0.222. The van der Waals surface area contributed by atoms with Crippen LogP contribution < -0.4 is 4.90 Å². The number of carbonyl (C=O) groups is 1. The van der Waals surface area contributed by atoms with Crippen LogP contribution in [0.2, 0.25) is 5.02 Å². The van der Waals surface area contributed by atoms with Crippen LogP contribution in [-0.4, -0.2) is 27.6 Å². The molecule has 1 amide bonds. The molecular formula is C18H15ClN4O2. The van der Waals surface area contributed by atoms with Crippen molar-refractivity contribution >= 4 is 23.2 Å². The zero-order valence-corrected chi connectivity index (χ0v) is 14.3. The van der Waals surface area contributed by atoms with Crippen molar-refractivity contribution in [2.45, 2.75) is 19.3 Å². The Labute approximate surface area is 149 Å². The number of hydrogen-bond acceptors (Lipinski definition) is 5. The number of nitrogens with zero attached hydrogens (tertiary/aromatic N) is 4. The maximum Gasteiger partial charge on any atom is 0.232 e. The van der Waals surface area contributed by atoms with Gasteiger partial charge in [-0.2, -0.15) is 4.98 Å². The highest BCUT2D eigenvalue weighted by atomic mass is 35.5. The molecule has 3 aromatic rings. The van der Waals surface area contributed by atoms with Crippen LogP contribution >= 0.6 is 11.6 Å². The van der Waals surface area contributed by atoms with E-state index in [9.17, 15) is 4.79 Å². The van der Waals surface area contributed by atoms with E-state index >= 15 is 0 Å². The molecule has 2 aromatic heterocycles. The molecule has 1 unspecified atom stereocenters. The third-order valence-electron chi connectivity index (χ3n) is 4.30. The lowest BCUT2D eigenvalue weighted by Gasteiger charge is -2.17. The van der Waals surface area contributed by atoms with Crippen LogP contribution in [0.1, 0.15) is 23.8 Å². The van der Waals surface area contributed by atoms with Crippen LogP contribution in [0.3, 0.4) is 0 Å². The first kappa shape index (κ1) is 15.8. The number of halogens is 1. The molecule has 1 fully saturated rings. The van der Waals surface area contributed by atoms with Gasteiger partial charge in [-0.05, 0) is 36.8 Å². The van der Waals surface area contributed by atoms with Crippen LogP contribution in [0.5, 0.6) is 0 Å². The summed E-state index contributed by atoms with van der Waals surface area (Å²) in [6, 6.07) is 9.29. The summed E-state index contributed by atoms with van der Waals surface area (Å²) in [6.45, 7) is 2.42. The van der Waals surface area contributed by atoms with Gasteiger partial charge in [0, 0.05) is 41.6 Å². The van der Waals surface area contributed by atoms with Crippen LogP contribution in [0.25, 0.3) is 11.4 Å². The van der Waals surface area contributed by atoms with Crippen molar-refractivity contribution in [1.82, 2.24) is 15.1 Å². The average Bonchev–Trinajstić information content (AvgIpc) is 3.25. The monoisotopic (exact) mass is 354 g/mol. The van der Waals surface area contributed by atoms with E-state index in [1.54, 1.807) is 17.3 Å². The number of aromatic nitrogens is 3. The first-order valence-electron chi connectivity index (χ1n) is 7.92. The number of hydrogen-bond donors (Lipinski definition) is 0. The van der Waals surface area contributed by atoms with Gasteiger partial charge in [0.05, 0.1) is 5.92 Å². The molecule has 0 aliphatic carbocycles. The zero-order chi connectivity index (χ0) is 17.4. The molecule has 0 N–H and O–H groups in total. The quantitative estimate of drug-likeness (QED) is 0.718. The summed E-state index contributed by atoms with van der Waals surface area (Å²) in [5, 5.41) is 4.65. The maximum absolute atomic E-state index is 12.4. The summed E-state index contributed by atoms with van der Waals surface area (Å²) >= 11 is 6.18. The minimum Gasteiger partial charge on any atom is -0.339 e. The number of anilines is 1. The van der Waals surface area contributed by atoms with E-state index in [-0.39, 0.29) is 11.8 Å². The van der Waals surface area contributed by atoms with Gasteiger partial charge in [-0.3, -0.25) is 9.78 Å². The summed E-state index contributed by atoms with van der Waals surface area (Å²) in [5.74, 6) is 0.830. The Morgan fingerprint density at radius 2 is 2.20 bits per heavy atom. The maximum atomic E-state index is 12.4. The van der Waals surface area contributed by atoms with Crippen molar-refractivity contribution < 1.29 is 9.32 Å². The van der Waals surface area contributed by atoms with Crippen LogP contribution in [0, 0.1) is 6.92 Å². The minimum atomic E-state index is -0.134. The van der Waals surface area contributed by atoms with Crippen LogP contribution in [-0.2, 0) is 4.79 Å². The highest BCUT2D eigenvalue weighted by Crippen LogP contribution is 2.33. The number of rotatable bonds is 3. The van der Waals surface area contributed by atoms with Crippen molar-refractivity contribution in [2.24, 2.45) is 0 Å². The number of benzene rings is 1. The zero-order valence-electron chi connectivity index (χ0n) is 13.5. The van der Waals surface area contributed by atoms with E-state index in [1.807, 2.05) is 37.3 Å². The van der Waals surface area contributed by atoms with Crippen molar-refractivity contribution in [1.29, 1.82) is 0 Å². The first-order valence-corrected chi connectivity index (χ1v) is 8.30. The van der Waals surface area contributed by atoms with Crippen molar-refractivity contribution in [3.05, 3.63) is 59.2 Å². The minimum absolute atomic E-state index is 0.0195. The fourth-order valence-corrected chi connectivity index (χ4v) is 3.06. The van der Waals surface area contributed by atoms with Gasteiger partial charge in [-0.25, -0.2) is 0 Å². The molecule has 1 saturated heterocycles. The van der Waals surface area contributed by atoms with E-state index in [2.05, 4.69) is 15.1 Å². The number of carbonyl (C=O) groups excluding carboxylic acids is 1. The lowest BCUT2D eigenvalue weighted by molar-refractivity contribution is -0.117. The van der Waals surface area contributed by atoms with E-state index in [1.165, 1.54) is 0 Å². The molecule has 126 valence electrons. The lowest BCUT2D eigenvalue weighted by atomic mass is 10.1. The second kappa shape index (κ2) is 6.29. The molecule has 25 heavy (non-hydrogen) atoms. The van der Waals surface area contributed by atoms with E-state index < -0.39 is 0 Å². The summed E-state index contributed by atoms with van der Waals surface area (Å²) in [5.41, 5.74) is 2.55. The molecule has 1 aliphatic heterocycles. The second-order valence-corrected chi connectivity index (χ2v) is 6.44. The summed E-state index contributed by atoms with van der Waals surface area (Å²) < 4.78 is 5.38. The smallest absolute Gasteiger partial charge is 0.232 e. The molecule has 3 heterocycles. The molecule has 0 bridgehead atoms. The van der Waals surface area contributed by atoms with Crippen molar-refractivity contribution in [2.75, 3.05) is 11.4 Å². The molecule has 1 aromatic carbocycles. The highest BCUT2D eigenvalue weighted by molar-refractivity contribution is 6.31. The Hall–Kier alpha value is -2.73. The van der Waals surface area contributed by atoms with Gasteiger partial charge in [-0.15, -0.1) is 0 Å². The molecule has 6 nitrogen and oxygen atoms in total. The van der Waals surface area contributed by atoms with Gasteiger partial charge in [-0.1, -0.05) is 22.8 Å². The SMILES string of the molecule is Cc1ccc(N2CC(c3nc(-c4cccnc4)no3)CC2=O)cc1Cl. The van der Waals surface area contributed by atoms with E-state index in [0.29, 0.717) is 29.7 Å². The topological polar surface area (TPSA) is 72.1 Å². The number of pyridine rings is 1. The van der Waals surface area contributed by atoms with Crippen LogP contribution in [0.15, 0.2) is 47.2 Å². The third kappa shape index (κ3) is 3.00. The summed E-state index contributed by atoms with van der Waals surface area (Å²) in [7, 11) is 0. The van der Waals surface area contributed by atoms with Gasteiger partial charge in [0.2, 0.25) is 17.6 Å². The molecule has 1 aliphatic rings. The largest absolute Gasteiger partial charge is 0.339 e. The average molecular weight is 355 g/mol. The molecule has 0 saturated carbocycles. The molecule has 4 rings (SSSR count). The Morgan fingerprint density at radius 1 is 1.32 bits per heavy atom. The predicted molar refractivity (Wildman–Crippen MR) is 93.4 cm³/mol. The molecule has 7 heteroatoms. The summed E-state index contributed by atoms with van der Waals surface area (Å²) in [4.78, 5) is 22.6. The Bertz CT molecular complexity index is 926. The van der Waals surface area contributed by atoms with Crippen molar-refractivity contribution in [3.8, 4) is 11.4 Å². The lowest BCUT2D eigenvalue weighted by Crippen LogP contribution is -2.24. The highest BCUT2D eigenvalue weighted by Gasteiger charge is 2.35. The Balaban J connectivity index is 1.56. The normalized spacial score (nSPS) is 17.3. The Kier molecular flexibility index (Phi) is 3.97.